The van der Waals surface area contributed by atoms with Gasteiger partial charge in [-0.2, -0.15) is 0 Å². The van der Waals surface area contributed by atoms with Crippen LogP contribution in [0.4, 0.5) is 0 Å². The molecular weight excluding hydrogens is 322 g/mol. The molecule has 0 heterocycles. The number of hydrazine groups is 1. The van der Waals surface area contributed by atoms with Gasteiger partial charge in [0.15, 0.2) is 0 Å². The monoisotopic (exact) mass is 349 g/mol. The zero-order valence-electron chi connectivity index (χ0n) is 14.6. The van der Waals surface area contributed by atoms with Gasteiger partial charge in [0.05, 0.1) is 7.11 Å². The molecule has 1 aliphatic carbocycles. The van der Waals surface area contributed by atoms with Crippen molar-refractivity contribution in [2.45, 2.75) is 50.7 Å². The molecule has 1 unspecified atom stereocenters. The third-order valence-corrected chi connectivity index (χ3v) is 4.76. The lowest BCUT2D eigenvalue weighted by Crippen LogP contribution is -2.53. The number of imide groups is 1. The van der Waals surface area contributed by atoms with Crippen LogP contribution in [0.1, 0.15) is 48.9 Å². The third-order valence-electron chi connectivity index (χ3n) is 4.76. The molecule has 0 bridgehead atoms. The average molecular weight is 349 g/mol. The number of methoxy groups -OCH3 is 1. The minimum absolute atomic E-state index is 0.197. The molecule has 7 nitrogen and oxygen atoms in total. The van der Waals surface area contributed by atoms with Crippen molar-refractivity contribution in [3.8, 4) is 5.75 Å². The van der Waals surface area contributed by atoms with Crippen LogP contribution in [-0.4, -0.2) is 41.2 Å². The summed E-state index contributed by atoms with van der Waals surface area (Å²) in [6, 6.07) is 5.56. The summed E-state index contributed by atoms with van der Waals surface area (Å²) in [6.07, 6.45) is 4.69. The summed E-state index contributed by atoms with van der Waals surface area (Å²) in [7, 11) is 1.48. The number of nitrogens with zero attached hydrogens (tertiary/aromatic N) is 1. The Hall–Kier alpha value is -1.96. The average Bonchev–Trinajstić information content (AvgIpc) is 2.66. The zero-order chi connectivity index (χ0) is 18.4. The Balaban J connectivity index is 1.98. The summed E-state index contributed by atoms with van der Waals surface area (Å²) >= 11 is 0. The van der Waals surface area contributed by atoms with Crippen molar-refractivity contribution in [1.29, 1.82) is 0 Å². The lowest BCUT2D eigenvalue weighted by molar-refractivity contribution is -0.138. The number of hydrogen-bond acceptors (Lipinski definition) is 6. The van der Waals surface area contributed by atoms with E-state index in [1.807, 2.05) is 0 Å². The maximum Gasteiger partial charge on any atom is 0.275 e. The molecule has 7 heteroatoms. The number of nitrogens with two attached hydrogens (primary N) is 2. The van der Waals surface area contributed by atoms with Gasteiger partial charge in [0, 0.05) is 11.6 Å². The van der Waals surface area contributed by atoms with Crippen molar-refractivity contribution in [3.05, 3.63) is 29.8 Å². The van der Waals surface area contributed by atoms with Gasteiger partial charge in [-0.3, -0.25) is 9.59 Å². The molecule has 0 saturated heterocycles. The maximum atomic E-state index is 12.3. The van der Waals surface area contributed by atoms with Gasteiger partial charge in [-0.1, -0.05) is 38.2 Å². The number of ether oxygens (including phenoxy) is 1. The highest BCUT2D eigenvalue weighted by Crippen LogP contribution is 2.27. The Kier molecular flexibility index (Phi) is 6.92. The molecule has 1 aromatic carbocycles. The minimum Gasteiger partial charge on any atom is -0.497 e. The molecule has 1 aliphatic rings. The quantitative estimate of drug-likeness (QED) is 0.403. The van der Waals surface area contributed by atoms with Crippen molar-refractivity contribution in [2.24, 2.45) is 17.5 Å². The van der Waals surface area contributed by atoms with Gasteiger partial charge in [0.2, 0.25) is 0 Å². The Bertz CT molecular complexity index is 602. The van der Waals surface area contributed by atoms with Crippen LogP contribution in [0.25, 0.3) is 0 Å². The first-order valence-corrected chi connectivity index (χ1v) is 8.64. The van der Waals surface area contributed by atoms with E-state index < -0.39 is 24.0 Å². The van der Waals surface area contributed by atoms with Crippen molar-refractivity contribution in [1.82, 2.24) is 5.01 Å². The summed E-state index contributed by atoms with van der Waals surface area (Å²) in [5.74, 6) is 4.91. The Labute approximate surface area is 147 Å². The van der Waals surface area contributed by atoms with E-state index in [9.17, 15) is 14.7 Å². The predicted molar refractivity (Wildman–Crippen MR) is 93.5 cm³/mol. The van der Waals surface area contributed by atoms with E-state index in [-0.39, 0.29) is 5.56 Å². The number of carbonyl (C=O) groups excluding carboxylic acids is 2. The van der Waals surface area contributed by atoms with Gasteiger partial charge in [-0.25, -0.2) is 10.9 Å². The SMILES string of the molecule is COc1cccc(C(=O)N(N)C(=O)C(O)[C@H](N)CC2CCCCC2)c1. The molecule has 1 aromatic rings. The Morgan fingerprint density at radius 1 is 1.32 bits per heavy atom. The van der Waals surface area contributed by atoms with Crippen molar-refractivity contribution >= 4 is 11.8 Å². The van der Waals surface area contributed by atoms with Crippen molar-refractivity contribution < 1.29 is 19.4 Å². The summed E-state index contributed by atoms with van der Waals surface area (Å²) in [5, 5.41) is 10.6. The number of aliphatic hydroxyl groups is 1. The van der Waals surface area contributed by atoms with Crippen LogP contribution in [-0.2, 0) is 4.79 Å². The molecule has 0 spiro atoms. The smallest absolute Gasteiger partial charge is 0.275 e. The number of hydrogen-bond donors (Lipinski definition) is 3. The normalized spacial score (nSPS) is 17.6. The first kappa shape index (κ1) is 19.4. The molecule has 5 N–H and O–H groups in total. The van der Waals surface area contributed by atoms with E-state index in [0.717, 1.165) is 25.7 Å². The summed E-state index contributed by atoms with van der Waals surface area (Å²) in [6.45, 7) is 0. The van der Waals surface area contributed by atoms with Gasteiger partial charge >= 0.3 is 0 Å². The highest BCUT2D eigenvalue weighted by Gasteiger charge is 2.32. The zero-order valence-corrected chi connectivity index (χ0v) is 14.6. The van der Waals surface area contributed by atoms with Gasteiger partial charge in [0.25, 0.3) is 11.8 Å². The van der Waals surface area contributed by atoms with Gasteiger partial charge in [-0.15, -0.1) is 0 Å². The minimum atomic E-state index is -1.50. The number of rotatable bonds is 6. The molecule has 0 aromatic heterocycles. The molecule has 2 rings (SSSR count). The number of carbonyl (C=O) groups is 2. The van der Waals surface area contributed by atoms with E-state index in [2.05, 4.69) is 0 Å². The van der Waals surface area contributed by atoms with Crippen LogP contribution >= 0.6 is 0 Å². The molecule has 25 heavy (non-hydrogen) atoms. The molecule has 0 radical (unpaired) electrons. The molecular formula is C18H27N3O4. The Morgan fingerprint density at radius 3 is 2.64 bits per heavy atom. The molecule has 2 atom stereocenters. The fourth-order valence-corrected chi connectivity index (χ4v) is 3.26. The lowest BCUT2D eigenvalue weighted by Gasteiger charge is -2.28. The largest absolute Gasteiger partial charge is 0.497 e. The third kappa shape index (κ3) is 5.01. The number of benzene rings is 1. The van der Waals surface area contributed by atoms with E-state index in [1.54, 1.807) is 12.1 Å². The fourth-order valence-electron chi connectivity index (χ4n) is 3.26. The predicted octanol–water partition coefficient (Wildman–Crippen LogP) is 1.20. The van der Waals surface area contributed by atoms with Gasteiger partial charge in [0.1, 0.15) is 11.9 Å². The maximum absolute atomic E-state index is 12.3. The first-order chi connectivity index (χ1) is 11.9. The highest BCUT2D eigenvalue weighted by molar-refractivity contribution is 6.05. The van der Waals surface area contributed by atoms with Crippen LogP contribution in [0, 0.1) is 5.92 Å². The molecule has 0 aliphatic heterocycles. The van der Waals surface area contributed by atoms with E-state index >= 15 is 0 Å². The number of amides is 2. The van der Waals surface area contributed by atoms with Crippen LogP contribution < -0.4 is 16.3 Å². The standard InChI is InChI=1S/C18H27N3O4/c1-25-14-9-5-8-13(11-14)17(23)21(20)18(24)16(22)15(19)10-12-6-3-2-4-7-12/h5,8-9,11-12,15-16,22H,2-4,6-7,10,19-20H2,1H3/t15-,16?/m1/s1. The summed E-state index contributed by atoms with van der Waals surface area (Å²) < 4.78 is 5.05. The molecule has 1 saturated carbocycles. The second kappa shape index (κ2) is 8.94. The van der Waals surface area contributed by atoms with Crippen molar-refractivity contribution in [2.75, 3.05) is 7.11 Å². The van der Waals surface area contributed by atoms with Crippen LogP contribution in [0.2, 0.25) is 0 Å². The van der Waals surface area contributed by atoms with E-state index in [4.69, 9.17) is 16.3 Å². The molecule has 1 fully saturated rings. The van der Waals surface area contributed by atoms with Crippen molar-refractivity contribution in [3.63, 3.8) is 0 Å². The summed E-state index contributed by atoms with van der Waals surface area (Å²) in [4.78, 5) is 24.7. The van der Waals surface area contributed by atoms with Crippen LogP contribution in [0.15, 0.2) is 24.3 Å². The topological polar surface area (TPSA) is 119 Å². The van der Waals surface area contributed by atoms with Crippen LogP contribution in [0.3, 0.4) is 0 Å². The van der Waals surface area contributed by atoms with Gasteiger partial charge < -0.3 is 15.6 Å². The molecule has 2 amide bonds. The second-order valence-electron chi connectivity index (χ2n) is 6.59. The lowest BCUT2D eigenvalue weighted by atomic mass is 9.84. The molecule has 138 valence electrons. The second-order valence-corrected chi connectivity index (χ2v) is 6.59. The highest BCUT2D eigenvalue weighted by atomic mass is 16.5. The number of aliphatic hydroxyl groups excluding tert-OH is 1. The first-order valence-electron chi connectivity index (χ1n) is 8.64. The summed E-state index contributed by atoms with van der Waals surface area (Å²) in [5.41, 5.74) is 6.18. The van der Waals surface area contributed by atoms with Crippen LogP contribution in [0.5, 0.6) is 5.75 Å². The van der Waals surface area contributed by atoms with E-state index in [0.29, 0.717) is 23.1 Å². The van der Waals surface area contributed by atoms with Gasteiger partial charge in [-0.05, 0) is 30.5 Å². The van der Waals surface area contributed by atoms with E-state index in [1.165, 1.54) is 25.7 Å². The Morgan fingerprint density at radius 2 is 2.00 bits per heavy atom. The fraction of sp³-hybridized carbons (Fsp3) is 0.556.